The Bertz CT molecular complexity index is 1130. The van der Waals surface area contributed by atoms with Crippen LogP contribution in [0.25, 0.3) is 0 Å². The van der Waals surface area contributed by atoms with E-state index in [9.17, 15) is 0 Å². The topological polar surface area (TPSA) is 0 Å². The van der Waals surface area contributed by atoms with Crippen molar-refractivity contribution in [3.05, 3.63) is 93.7 Å². The van der Waals surface area contributed by atoms with Crippen LogP contribution in [0.1, 0.15) is 45.2 Å². The van der Waals surface area contributed by atoms with E-state index in [-0.39, 0.29) is 60.3 Å². The lowest BCUT2D eigenvalue weighted by Crippen LogP contribution is -2.30. The summed E-state index contributed by atoms with van der Waals surface area (Å²) in [4.78, 5) is 0. The highest BCUT2D eigenvalue weighted by Gasteiger charge is 2.50. The zero-order valence-electron chi connectivity index (χ0n) is 14.7. The van der Waals surface area contributed by atoms with Gasteiger partial charge >= 0.3 is 0 Å². The molecule has 12 heteroatoms. The van der Waals surface area contributed by atoms with Crippen LogP contribution in [0.4, 0.5) is 0 Å². The van der Waals surface area contributed by atoms with Gasteiger partial charge in [0.05, 0.1) is 60.3 Å². The lowest BCUT2D eigenvalue weighted by atomic mass is 9.61. The summed E-state index contributed by atoms with van der Waals surface area (Å²) in [5.41, 5.74) is 3.27. The molecule has 3 aliphatic carbocycles. The predicted octanol–water partition coefficient (Wildman–Crippen LogP) is 12.5. The Morgan fingerprint density at radius 2 is 0.344 bits per heavy atom. The lowest BCUT2D eigenvalue weighted by molar-refractivity contribution is 0.756. The SMILES string of the molecule is Clc1c(Cl)c(Cl)c2c(c1Cl)C1c3c(Cl)c(Cl)c(Cl)c(Cl)c3C2c2c(Cl)c(Cl)c(Cl)c(Cl)c21. The summed E-state index contributed by atoms with van der Waals surface area (Å²) < 4.78 is 0. The van der Waals surface area contributed by atoms with Crippen LogP contribution in [-0.4, -0.2) is 0 Å². The molecule has 0 aliphatic heterocycles. The van der Waals surface area contributed by atoms with Crippen molar-refractivity contribution in [2.45, 2.75) is 11.8 Å². The van der Waals surface area contributed by atoms with Gasteiger partial charge in [-0.05, 0) is 33.4 Å². The number of benzene rings is 3. The molecule has 0 saturated heterocycles. The van der Waals surface area contributed by atoms with Gasteiger partial charge < -0.3 is 0 Å². The normalized spacial score (nSPS) is 18.0. The third-order valence-corrected chi connectivity index (χ3v) is 11.2. The average Bonchev–Trinajstić information content (AvgIpc) is 2.78. The minimum atomic E-state index is -0.723. The summed E-state index contributed by atoms with van der Waals surface area (Å²) in [7, 11) is 0. The first-order chi connectivity index (χ1) is 14.9. The van der Waals surface area contributed by atoms with Crippen molar-refractivity contribution in [1.29, 1.82) is 0 Å². The van der Waals surface area contributed by atoms with Gasteiger partial charge in [0.1, 0.15) is 0 Å². The van der Waals surface area contributed by atoms with E-state index in [4.69, 9.17) is 139 Å². The Morgan fingerprint density at radius 3 is 0.469 bits per heavy atom. The Morgan fingerprint density at radius 1 is 0.219 bits per heavy atom. The molecule has 0 unspecified atom stereocenters. The standard InChI is InChI=1S/C20H2Cl12/c21-9-3-1-4-7(13(25)19(31)16(28)10(4)22)2(6(3)12(24)18(30)15(9)27)8-5(1)11(23)17(29)20(32)14(8)26/h1-2H. The fourth-order valence-corrected chi connectivity index (χ4v) is 7.86. The maximum atomic E-state index is 6.70. The minimum absolute atomic E-state index is 0.0808. The first kappa shape index (κ1) is 24.8. The zero-order valence-corrected chi connectivity index (χ0v) is 23.8. The largest absolute Gasteiger partial charge is 0.0823 e. The molecule has 0 amide bonds. The van der Waals surface area contributed by atoms with Gasteiger partial charge in [0.25, 0.3) is 0 Å². The Balaban J connectivity index is 2.09. The molecule has 0 fully saturated rings. The van der Waals surface area contributed by atoms with Crippen LogP contribution in [-0.2, 0) is 0 Å². The molecule has 6 rings (SSSR count). The van der Waals surface area contributed by atoms with Crippen LogP contribution in [0.3, 0.4) is 0 Å². The number of halogens is 12. The molecule has 3 aromatic rings. The quantitative estimate of drug-likeness (QED) is 0.114. The van der Waals surface area contributed by atoms with Crippen LogP contribution in [0.15, 0.2) is 0 Å². The third-order valence-electron chi connectivity index (χ3n) is 5.76. The molecule has 0 nitrogen and oxygen atoms in total. The number of rotatable bonds is 0. The summed E-state index contributed by atoms with van der Waals surface area (Å²) >= 11 is 78.6. The van der Waals surface area contributed by atoms with Crippen molar-refractivity contribution in [1.82, 2.24) is 0 Å². The van der Waals surface area contributed by atoms with Gasteiger partial charge in [-0.25, -0.2) is 0 Å². The second-order valence-electron chi connectivity index (χ2n) is 7.12. The third kappa shape index (κ3) is 3.00. The molecule has 2 bridgehead atoms. The molecule has 3 aliphatic rings. The molecule has 0 heterocycles. The second kappa shape index (κ2) is 8.34. The second-order valence-corrected chi connectivity index (χ2v) is 11.7. The van der Waals surface area contributed by atoms with E-state index in [1.807, 2.05) is 0 Å². The van der Waals surface area contributed by atoms with Gasteiger partial charge in [0, 0.05) is 11.8 Å². The van der Waals surface area contributed by atoms with Crippen LogP contribution < -0.4 is 0 Å². The van der Waals surface area contributed by atoms with Gasteiger partial charge in [-0.1, -0.05) is 139 Å². The first-order valence-electron chi connectivity index (χ1n) is 8.50. The highest BCUT2D eigenvalue weighted by atomic mass is 35.5. The van der Waals surface area contributed by atoms with Crippen molar-refractivity contribution >= 4 is 139 Å². The molecular weight excluding hydrogens is 666 g/mol. The number of hydrogen-bond acceptors (Lipinski definition) is 0. The summed E-state index contributed by atoms with van der Waals surface area (Å²) in [5.74, 6) is -1.45. The molecule has 0 aromatic heterocycles. The van der Waals surface area contributed by atoms with Gasteiger partial charge in [-0.3, -0.25) is 0 Å². The Labute approximate surface area is 242 Å². The van der Waals surface area contributed by atoms with Gasteiger partial charge in [-0.2, -0.15) is 0 Å². The van der Waals surface area contributed by atoms with Gasteiger partial charge in [0.15, 0.2) is 0 Å². The highest BCUT2D eigenvalue weighted by Crippen LogP contribution is 2.68. The van der Waals surface area contributed by atoms with E-state index in [1.165, 1.54) is 0 Å². The van der Waals surface area contributed by atoms with E-state index >= 15 is 0 Å². The van der Waals surface area contributed by atoms with Crippen molar-refractivity contribution in [3.63, 3.8) is 0 Å². The van der Waals surface area contributed by atoms with Gasteiger partial charge in [0.2, 0.25) is 0 Å². The molecule has 0 N–H and O–H groups in total. The van der Waals surface area contributed by atoms with Gasteiger partial charge in [-0.15, -0.1) is 0 Å². The Hall–Kier alpha value is 1.14. The van der Waals surface area contributed by atoms with E-state index in [1.54, 1.807) is 0 Å². The summed E-state index contributed by atoms with van der Waals surface area (Å²) in [6.07, 6.45) is 0. The van der Waals surface area contributed by atoms with Crippen LogP contribution in [0.5, 0.6) is 0 Å². The van der Waals surface area contributed by atoms with Crippen molar-refractivity contribution in [3.8, 4) is 0 Å². The van der Waals surface area contributed by atoms with Crippen LogP contribution >= 0.6 is 139 Å². The fourth-order valence-electron chi connectivity index (χ4n) is 4.56. The highest BCUT2D eigenvalue weighted by molar-refractivity contribution is 6.55. The summed E-state index contributed by atoms with van der Waals surface area (Å²) in [5, 5.41) is 1.56. The average molecular weight is 668 g/mol. The van der Waals surface area contributed by atoms with Crippen molar-refractivity contribution in [2.24, 2.45) is 0 Å². The van der Waals surface area contributed by atoms with Crippen LogP contribution in [0.2, 0.25) is 60.3 Å². The van der Waals surface area contributed by atoms with Crippen LogP contribution in [0, 0.1) is 0 Å². The van der Waals surface area contributed by atoms with Crippen molar-refractivity contribution < 1.29 is 0 Å². The molecule has 3 aromatic carbocycles. The zero-order chi connectivity index (χ0) is 23.5. The monoisotopic (exact) mass is 662 g/mol. The number of hydrogen-bond donors (Lipinski definition) is 0. The van der Waals surface area contributed by atoms with E-state index < -0.39 is 11.8 Å². The lowest BCUT2D eigenvalue weighted by Gasteiger charge is -2.45. The first-order valence-corrected chi connectivity index (χ1v) is 13.0. The maximum Gasteiger partial charge on any atom is 0.0797 e. The fraction of sp³-hybridized carbons (Fsp3) is 0.100. The van der Waals surface area contributed by atoms with E-state index in [2.05, 4.69) is 0 Å². The minimum Gasteiger partial charge on any atom is -0.0823 e. The molecule has 0 atom stereocenters. The van der Waals surface area contributed by atoms with E-state index in [0.29, 0.717) is 33.4 Å². The molecule has 0 saturated carbocycles. The molecular formula is C20H2Cl12. The molecule has 0 radical (unpaired) electrons. The molecule has 0 spiro atoms. The molecule has 166 valence electrons. The maximum absolute atomic E-state index is 6.70. The molecule has 32 heavy (non-hydrogen) atoms. The summed E-state index contributed by atoms with van der Waals surface area (Å²) in [6.45, 7) is 0. The Kier molecular flexibility index (Phi) is 6.47. The van der Waals surface area contributed by atoms with E-state index in [0.717, 1.165) is 0 Å². The predicted molar refractivity (Wildman–Crippen MR) is 141 cm³/mol. The van der Waals surface area contributed by atoms with Crippen molar-refractivity contribution in [2.75, 3.05) is 0 Å². The summed E-state index contributed by atoms with van der Waals surface area (Å²) in [6, 6.07) is 0. The smallest absolute Gasteiger partial charge is 0.0797 e.